The number of ether oxygens (including phenoxy) is 1. The van der Waals surface area contributed by atoms with Gasteiger partial charge in [0.25, 0.3) is 0 Å². The van der Waals surface area contributed by atoms with E-state index in [1.54, 1.807) is 4.57 Å². The predicted molar refractivity (Wildman–Crippen MR) is 68.9 cm³/mol. The number of nitrogen functional groups attached to an aromatic ring is 1. The first kappa shape index (κ1) is 10.6. The Labute approximate surface area is 104 Å². The molecule has 0 radical (unpaired) electrons. The summed E-state index contributed by atoms with van der Waals surface area (Å²) in [5.74, 6) is 0.467. The number of imidazole rings is 1. The predicted octanol–water partition coefficient (Wildman–Crippen LogP) is 2.22. The third-order valence-electron chi connectivity index (χ3n) is 3.06. The highest BCUT2D eigenvalue weighted by Gasteiger charge is 2.17. The van der Waals surface area contributed by atoms with Crippen molar-refractivity contribution in [1.29, 1.82) is 0 Å². The van der Waals surface area contributed by atoms with Gasteiger partial charge in [0.1, 0.15) is 0 Å². The second-order valence-electron chi connectivity index (χ2n) is 4.07. The van der Waals surface area contributed by atoms with Crippen LogP contribution in [0.1, 0.15) is 5.56 Å². The van der Waals surface area contributed by atoms with Crippen LogP contribution in [-0.2, 0) is 11.8 Å². The number of hydrogen-bond acceptors (Lipinski definition) is 3. The van der Waals surface area contributed by atoms with Crippen LogP contribution in [0.5, 0.6) is 0 Å². The topological polar surface area (TPSA) is 53.1 Å². The van der Waals surface area contributed by atoms with Crippen molar-refractivity contribution >= 4 is 34.2 Å². The lowest BCUT2D eigenvalue weighted by Crippen LogP contribution is -1.96. The van der Waals surface area contributed by atoms with Crippen LogP contribution in [0.3, 0.4) is 0 Å². The third-order valence-corrected chi connectivity index (χ3v) is 3.36. The number of halogens is 1. The lowest BCUT2D eigenvalue weighted by Gasteiger charge is -2.05. The van der Waals surface area contributed by atoms with E-state index in [-0.39, 0.29) is 0 Å². The molecule has 0 spiro atoms. The molecule has 1 aromatic heterocycles. The summed E-state index contributed by atoms with van der Waals surface area (Å²) in [6.45, 7) is 1.27. The minimum absolute atomic E-state index is 0.467. The van der Waals surface area contributed by atoms with Crippen LogP contribution in [0.25, 0.3) is 16.6 Å². The zero-order valence-corrected chi connectivity index (χ0v) is 10.2. The SMILES string of the molecule is Cn1c(N)nc2c(C3=CCOC3)ccc(Cl)c21. The maximum absolute atomic E-state index is 6.19. The zero-order valence-electron chi connectivity index (χ0n) is 9.40. The molecule has 0 fully saturated rings. The summed E-state index contributed by atoms with van der Waals surface area (Å²) >= 11 is 6.19. The molecular weight excluding hydrogens is 238 g/mol. The molecule has 0 saturated carbocycles. The monoisotopic (exact) mass is 249 g/mol. The molecule has 3 rings (SSSR count). The lowest BCUT2D eigenvalue weighted by atomic mass is 10.1. The molecule has 0 amide bonds. The van der Waals surface area contributed by atoms with E-state index in [1.165, 1.54) is 0 Å². The molecule has 2 heterocycles. The van der Waals surface area contributed by atoms with Gasteiger partial charge in [-0.05, 0) is 11.6 Å². The van der Waals surface area contributed by atoms with Gasteiger partial charge in [-0.15, -0.1) is 0 Å². The van der Waals surface area contributed by atoms with E-state index >= 15 is 0 Å². The lowest BCUT2D eigenvalue weighted by molar-refractivity contribution is 0.216. The van der Waals surface area contributed by atoms with E-state index in [0.29, 0.717) is 24.2 Å². The van der Waals surface area contributed by atoms with Gasteiger partial charge in [0.05, 0.1) is 29.3 Å². The van der Waals surface area contributed by atoms with Crippen molar-refractivity contribution < 1.29 is 4.74 Å². The molecule has 1 aliphatic rings. The van der Waals surface area contributed by atoms with Crippen LogP contribution in [-0.4, -0.2) is 22.8 Å². The van der Waals surface area contributed by atoms with Crippen LogP contribution >= 0.6 is 11.6 Å². The fourth-order valence-corrected chi connectivity index (χ4v) is 2.40. The molecule has 1 aliphatic heterocycles. The molecule has 0 saturated heterocycles. The molecule has 5 heteroatoms. The first-order valence-corrected chi connectivity index (χ1v) is 5.74. The summed E-state index contributed by atoms with van der Waals surface area (Å²) in [5, 5.41) is 0.662. The van der Waals surface area contributed by atoms with Gasteiger partial charge in [-0.25, -0.2) is 4.98 Å². The summed E-state index contributed by atoms with van der Waals surface area (Å²) in [6.07, 6.45) is 2.06. The van der Waals surface area contributed by atoms with Gasteiger partial charge in [0, 0.05) is 12.6 Å². The maximum atomic E-state index is 6.19. The zero-order chi connectivity index (χ0) is 12.0. The Balaban J connectivity index is 2.33. The molecule has 88 valence electrons. The van der Waals surface area contributed by atoms with Crippen molar-refractivity contribution in [3.05, 3.63) is 28.8 Å². The number of anilines is 1. The van der Waals surface area contributed by atoms with E-state index in [0.717, 1.165) is 22.2 Å². The average molecular weight is 250 g/mol. The van der Waals surface area contributed by atoms with Gasteiger partial charge in [-0.1, -0.05) is 23.7 Å². The standard InChI is InChI=1S/C12H12ClN3O/c1-16-11-9(13)3-2-8(7-4-5-17-6-7)10(11)15-12(16)14/h2-4H,5-6H2,1H3,(H2,14,15). The Morgan fingerprint density at radius 1 is 1.47 bits per heavy atom. The number of aryl methyl sites for hydroxylation is 1. The van der Waals surface area contributed by atoms with Gasteiger partial charge in [-0.2, -0.15) is 0 Å². The largest absolute Gasteiger partial charge is 0.373 e. The van der Waals surface area contributed by atoms with E-state index in [1.807, 2.05) is 19.2 Å². The van der Waals surface area contributed by atoms with Crippen LogP contribution in [0.2, 0.25) is 5.02 Å². The molecule has 17 heavy (non-hydrogen) atoms. The Kier molecular flexibility index (Phi) is 2.34. The number of hydrogen-bond donors (Lipinski definition) is 1. The van der Waals surface area contributed by atoms with Crippen LogP contribution < -0.4 is 5.73 Å². The number of nitrogens with two attached hydrogens (primary N) is 1. The molecule has 4 nitrogen and oxygen atoms in total. The third kappa shape index (κ3) is 1.52. The number of aromatic nitrogens is 2. The van der Waals surface area contributed by atoms with Crippen molar-refractivity contribution in [3.8, 4) is 0 Å². The van der Waals surface area contributed by atoms with E-state index < -0.39 is 0 Å². The normalized spacial score (nSPS) is 15.5. The summed E-state index contributed by atoms with van der Waals surface area (Å²) in [7, 11) is 1.86. The summed E-state index contributed by atoms with van der Waals surface area (Å²) in [6, 6.07) is 3.84. The minimum atomic E-state index is 0.467. The quantitative estimate of drug-likeness (QED) is 0.843. The smallest absolute Gasteiger partial charge is 0.200 e. The molecule has 0 atom stereocenters. The Morgan fingerprint density at radius 2 is 2.29 bits per heavy atom. The average Bonchev–Trinajstić information content (AvgIpc) is 2.90. The molecule has 2 aromatic rings. The van der Waals surface area contributed by atoms with E-state index in [4.69, 9.17) is 22.1 Å². The first-order valence-electron chi connectivity index (χ1n) is 5.36. The van der Waals surface area contributed by atoms with Gasteiger partial charge < -0.3 is 15.0 Å². The Morgan fingerprint density at radius 3 is 3.00 bits per heavy atom. The van der Waals surface area contributed by atoms with Crippen molar-refractivity contribution in [2.45, 2.75) is 0 Å². The van der Waals surface area contributed by atoms with Gasteiger partial charge >= 0.3 is 0 Å². The molecule has 0 bridgehead atoms. The highest BCUT2D eigenvalue weighted by Crippen LogP contribution is 2.32. The van der Waals surface area contributed by atoms with Crippen molar-refractivity contribution in [2.24, 2.45) is 7.05 Å². The van der Waals surface area contributed by atoms with E-state index in [2.05, 4.69) is 11.1 Å². The Hall–Kier alpha value is -1.52. The second kappa shape index (κ2) is 3.75. The summed E-state index contributed by atoms with van der Waals surface area (Å²) < 4.78 is 7.14. The molecule has 0 aliphatic carbocycles. The Bertz CT molecular complexity index is 630. The number of nitrogens with zero attached hydrogens (tertiary/aromatic N) is 2. The van der Waals surface area contributed by atoms with Crippen LogP contribution in [0, 0.1) is 0 Å². The summed E-state index contributed by atoms with van der Waals surface area (Å²) in [5.41, 5.74) is 9.74. The fourth-order valence-electron chi connectivity index (χ4n) is 2.13. The maximum Gasteiger partial charge on any atom is 0.200 e. The van der Waals surface area contributed by atoms with E-state index in [9.17, 15) is 0 Å². The number of benzene rings is 1. The van der Waals surface area contributed by atoms with Crippen molar-refractivity contribution in [1.82, 2.24) is 9.55 Å². The second-order valence-corrected chi connectivity index (χ2v) is 4.47. The highest BCUT2D eigenvalue weighted by molar-refractivity contribution is 6.35. The minimum Gasteiger partial charge on any atom is -0.373 e. The van der Waals surface area contributed by atoms with Gasteiger partial charge in [0.15, 0.2) is 0 Å². The highest BCUT2D eigenvalue weighted by atomic mass is 35.5. The van der Waals surface area contributed by atoms with Crippen LogP contribution in [0.4, 0.5) is 5.95 Å². The molecule has 2 N–H and O–H groups in total. The molecule has 0 unspecified atom stereocenters. The molecular formula is C12H12ClN3O. The number of rotatable bonds is 1. The summed E-state index contributed by atoms with van der Waals surface area (Å²) in [4.78, 5) is 4.38. The van der Waals surface area contributed by atoms with Crippen molar-refractivity contribution in [2.75, 3.05) is 18.9 Å². The van der Waals surface area contributed by atoms with Gasteiger partial charge in [0.2, 0.25) is 5.95 Å². The molecule has 1 aromatic carbocycles. The fraction of sp³-hybridized carbons (Fsp3) is 0.250. The number of fused-ring (bicyclic) bond motifs is 1. The van der Waals surface area contributed by atoms with Gasteiger partial charge in [-0.3, -0.25) is 0 Å². The first-order chi connectivity index (χ1) is 8.18. The van der Waals surface area contributed by atoms with Crippen LogP contribution in [0.15, 0.2) is 18.2 Å². The van der Waals surface area contributed by atoms with Crippen molar-refractivity contribution in [3.63, 3.8) is 0 Å².